The second-order valence-corrected chi connectivity index (χ2v) is 16.2. The molecule has 2 fully saturated rings. The lowest BCUT2D eigenvalue weighted by atomic mass is 9.67. The molecule has 4 atom stereocenters. The summed E-state index contributed by atoms with van der Waals surface area (Å²) < 4.78 is 25.2. The van der Waals surface area contributed by atoms with Gasteiger partial charge in [-0.3, -0.25) is 4.90 Å². The Morgan fingerprint density at radius 2 is 1.89 bits per heavy atom. The molecule has 0 N–H and O–H groups in total. The van der Waals surface area contributed by atoms with E-state index in [0.717, 1.165) is 24.8 Å². The molecule has 1 saturated heterocycles. The van der Waals surface area contributed by atoms with Crippen LogP contribution in [0.4, 0.5) is 10.5 Å². The van der Waals surface area contributed by atoms with Gasteiger partial charge in [-0.15, -0.1) is 6.42 Å². The third-order valence-electron chi connectivity index (χ3n) is 8.51. The van der Waals surface area contributed by atoms with Crippen molar-refractivity contribution in [3.63, 3.8) is 0 Å². The van der Waals surface area contributed by atoms with E-state index in [-0.39, 0.29) is 11.1 Å². The molecule has 5 rings (SSSR count). The Hall–Kier alpha value is -2.79. The van der Waals surface area contributed by atoms with Crippen LogP contribution in [-0.4, -0.2) is 39.3 Å². The molecule has 0 bridgehead atoms. The number of para-hydroxylation sites is 1. The van der Waals surface area contributed by atoms with Gasteiger partial charge in [0.15, 0.2) is 13.9 Å². The molecular weight excluding hydrogens is 470 g/mol. The van der Waals surface area contributed by atoms with E-state index in [2.05, 4.69) is 39.8 Å². The molecule has 2 aliphatic heterocycles. The third-order valence-corrected chi connectivity index (χ3v) is 13.0. The quantitative estimate of drug-likeness (QED) is 0.279. The number of methoxy groups -OCH3 is 1. The Bertz CT molecular complexity index is 1220. The van der Waals surface area contributed by atoms with E-state index in [1.54, 1.807) is 24.1 Å². The molecular formula is C29H35NO5Si. The number of terminal acetylenes is 1. The first kappa shape index (κ1) is 24.9. The van der Waals surface area contributed by atoms with Gasteiger partial charge < -0.3 is 18.6 Å². The van der Waals surface area contributed by atoms with Gasteiger partial charge in [-0.05, 0) is 67.7 Å². The molecule has 7 heteroatoms. The van der Waals surface area contributed by atoms with Crippen LogP contribution < -0.4 is 14.4 Å². The zero-order chi connectivity index (χ0) is 25.9. The molecule has 0 radical (unpaired) electrons. The van der Waals surface area contributed by atoms with Gasteiger partial charge in [0.1, 0.15) is 23.1 Å². The van der Waals surface area contributed by atoms with Crippen LogP contribution in [0.3, 0.4) is 0 Å². The zero-order valence-electron chi connectivity index (χ0n) is 22.0. The highest BCUT2D eigenvalue weighted by Gasteiger charge is 2.82. The Morgan fingerprint density at radius 1 is 1.17 bits per heavy atom. The van der Waals surface area contributed by atoms with Gasteiger partial charge >= 0.3 is 6.09 Å². The van der Waals surface area contributed by atoms with Crippen molar-refractivity contribution < 1.29 is 23.4 Å². The summed E-state index contributed by atoms with van der Waals surface area (Å²) in [4.78, 5) is 15.2. The van der Waals surface area contributed by atoms with Crippen LogP contribution in [0.15, 0.2) is 48.5 Å². The lowest BCUT2D eigenvalue weighted by Gasteiger charge is -2.47. The minimum Gasteiger partial charge on any atom is -0.497 e. The average Bonchev–Trinajstić information content (AvgIpc) is 3.55. The summed E-state index contributed by atoms with van der Waals surface area (Å²) >= 11 is 0. The van der Waals surface area contributed by atoms with Crippen molar-refractivity contribution in [3.05, 3.63) is 54.1 Å². The van der Waals surface area contributed by atoms with Crippen molar-refractivity contribution in [1.82, 2.24) is 0 Å². The molecule has 36 heavy (non-hydrogen) atoms. The molecule has 6 nitrogen and oxygen atoms in total. The lowest BCUT2D eigenvalue weighted by Crippen LogP contribution is -2.60. The summed E-state index contributed by atoms with van der Waals surface area (Å²) in [7, 11) is -0.487. The Balaban J connectivity index is 1.63. The van der Waals surface area contributed by atoms with Crippen molar-refractivity contribution in [2.45, 2.75) is 81.5 Å². The van der Waals surface area contributed by atoms with Gasteiger partial charge in [-0.1, -0.05) is 44.9 Å². The standard InChI is InChI=1S/C29H35NO5Si/c1-8-24-28-18-12-15-25(34-36(6,7)27(2,3)4)29(28,35-28)22-19-21(32-5)16-17-23(22)30(24)26(31)33-20-13-10-9-11-14-20/h1,9-11,13-14,16-17,19,24-25H,12,15,18H2,2-7H3. The van der Waals surface area contributed by atoms with Crippen molar-refractivity contribution >= 4 is 20.1 Å². The molecule has 1 amide bonds. The predicted molar refractivity (Wildman–Crippen MR) is 142 cm³/mol. The van der Waals surface area contributed by atoms with Gasteiger partial charge in [-0.25, -0.2) is 4.79 Å². The second kappa shape index (κ2) is 8.37. The van der Waals surface area contributed by atoms with E-state index in [0.29, 0.717) is 17.2 Å². The smallest absolute Gasteiger partial charge is 0.420 e. The average molecular weight is 506 g/mol. The fourth-order valence-corrected chi connectivity index (χ4v) is 7.01. The van der Waals surface area contributed by atoms with E-state index in [1.807, 2.05) is 36.4 Å². The van der Waals surface area contributed by atoms with Crippen LogP contribution >= 0.6 is 0 Å². The van der Waals surface area contributed by atoms with Crippen molar-refractivity contribution in [3.8, 4) is 23.8 Å². The molecule has 1 saturated carbocycles. The fraction of sp³-hybridized carbons (Fsp3) is 0.483. The van der Waals surface area contributed by atoms with E-state index < -0.39 is 31.7 Å². The maximum Gasteiger partial charge on any atom is 0.420 e. The predicted octanol–water partition coefficient (Wildman–Crippen LogP) is 6.25. The Labute approximate surface area is 215 Å². The summed E-state index contributed by atoms with van der Waals surface area (Å²) in [6, 6.07) is 14.1. The van der Waals surface area contributed by atoms with Crippen LogP contribution in [0.25, 0.3) is 0 Å². The van der Waals surface area contributed by atoms with Gasteiger partial charge in [0.2, 0.25) is 0 Å². The van der Waals surface area contributed by atoms with Crippen molar-refractivity contribution in [1.29, 1.82) is 0 Å². The largest absolute Gasteiger partial charge is 0.497 e. The number of ether oxygens (including phenoxy) is 3. The first-order valence-electron chi connectivity index (χ1n) is 12.6. The number of anilines is 1. The molecule has 1 aliphatic carbocycles. The summed E-state index contributed by atoms with van der Waals surface area (Å²) in [5, 5.41) is 0.0432. The topological polar surface area (TPSA) is 60.5 Å². The molecule has 3 aliphatic rings. The number of epoxide rings is 1. The SMILES string of the molecule is C#CC1N(C(=O)Oc2ccccc2)c2ccc(OC)cc2C23OC12CCCC3O[Si](C)(C)C(C)(C)C. The second-order valence-electron chi connectivity index (χ2n) is 11.5. The highest BCUT2D eigenvalue weighted by atomic mass is 28.4. The Morgan fingerprint density at radius 3 is 2.53 bits per heavy atom. The Kier molecular flexibility index (Phi) is 5.79. The number of carbonyl (C=O) groups is 1. The molecule has 2 heterocycles. The normalized spacial score (nSPS) is 28.8. The highest BCUT2D eigenvalue weighted by molar-refractivity contribution is 6.74. The van der Waals surface area contributed by atoms with Crippen molar-refractivity contribution in [2.75, 3.05) is 12.0 Å². The monoisotopic (exact) mass is 505 g/mol. The van der Waals surface area contributed by atoms with Crippen LogP contribution in [0.5, 0.6) is 11.5 Å². The molecule has 0 spiro atoms. The molecule has 190 valence electrons. The number of amides is 1. The highest BCUT2D eigenvalue weighted by Crippen LogP contribution is 2.71. The van der Waals surface area contributed by atoms with E-state index in [4.69, 9.17) is 25.1 Å². The molecule has 2 aromatic rings. The van der Waals surface area contributed by atoms with Crippen LogP contribution in [0, 0.1) is 12.3 Å². The number of carbonyl (C=O) groups excluding carboxylic acids is 1. The summed E-state index contributed by atoms with van der Waals surface area (Å²) in [5.41, 5.74) is 0.0909. The third kappa shape index (κ3) is 3.50. The molecule has 2 aromatic carbocycles. The maximum atomic E-state index is 13.6. The van der Waals surface area contributed by atoms with Gasteiger partial charge in [-0.2, -0.15) is 0 Å². The number of hydrogen-bond donors (Lipinski definition) is 0. The van der Waals surface area contributed by atoms with E-state index in [9.17, 15) is 4.79 Å². The van der Waals surface area contributed by atoms with E-state index in [1.165, 1.54) is 0 Å². The van der Waals surface area contributed by atoms with Crippen LogP contribution in [-0.2, 0) is 14.8 Å². The minimum absolute atomic E-state index is 0.0432. The van der Waals surface area contributed by atoms with Gasteiger partial charge in [0.25, 0.3) is 0 Å². The first-order valence-corrected chi connectivity index (χ1v) is 15.5. The van der Waals surface area contributed by atoms with Gasteiger partial charge in [0.05, 0.1) is 18.9 Å². The fourth-order valence-electron chi connectivity index (χ4n) is 5.67. The summed E-state index contributed by atoms with van der Waals surface area (Å²) in [6.45, 7) is 11.2. The summed E-state index contributed by atoms with van der Waals surface area (Å²) in [5.74, 6) is 4.06. The number of nitrogens with zero attached hydrogens (tertiary/aromatic N) is 1. The summed E-state index contributed by atoms with van der Waals surface area (Å²) in [6.07, 6.45) is 7.98. The minimum atomic E-state index is -2.13. The number of fused-ring (bicyclic) bond motifs is 1. The number of benzene rings is 2. The maximum absolute atomic E-state index is 13.6. The van der Waals surface area contributed by atoms with E-state index >= 15 is 0 Å². The lowest BCUT2D eigenvalue weighted by molar-refractivity contribution is 0.0685. The first-order chi connectivity index (χ1) is 17.0. The zero-order valence-corrected chi connectivity index (χ0v) is 23.0. The molecule has 0 aromatic heterocycles. The number of hydrogen-bond acceptors (Lipinski definition) is 5. The molecule has 4 unspecified atom stereocenters. The van der Waals surface area contributed by atoms with Crippen molar-refractivity contribution in [2.24, 2.45) is 0 Å². The van der Waals surface area contributed by atoms with Crippen LogP contribution in [0.1, 0.15) is 45.6 Å². The number of rotatable bonds is 4. The van der Waals surface area contributed by atoms with Crippen LogP contribution in [0.2, 0.25) is 18.1 Å². The van der Waals surface area contributed by atoms with Gasteiger partial charge in [0, 0.05) is 5.56 Å².